The smallest absolute Gasteiger partial charge is 0.186 e. The van der Waals surface area contributed by atoms with Gasteiger partial charge in [-0.1, -0.05) is 0 Å². The Hall–Kier alpha value is -2.96. The average molecular weight is 335 g/mol. The topological polar surface area (TPSA) is 61.8 Å². The molecule has 0 radical (unpaired) electrons. The summed E-state index contributed by atoms with van der Waals surface area (Å²) in [5.74, 6) is -13.4. The van der Waals surface area contributed by atoms with Gasteiger partial charge in [0.2, 0.25) is 0 Å². The van der Waals surface area contributed by atoms with Crippen molar-refractivity contribution < 1.29 is 30.7 Å². The van der Waals surface area contributed by atoms with Crippen LogP contribution in [0, 0.1) is 52.1 Å². The number of rotatable bonds is 2. The lowest BCUT2D eigenvalue weighted by Crippen LogP contribution is -2.10. The molecule has 3 N–H and O–H groups in total. The van der Waals surface area contributed by atoms with Gasteiger partial charge >= 0.3 is 0 Å². The van der Waals surface area contributed by atoms with Crippen LogP contribution in [0.15, 0.2) is 6.07 Å². The molecule has 0 aliphatic carbocycles. The molecule has 2 aromatic carbocycles. The Morgan fingerprint density at radius 2 is 1.26 bits per heavy atom. The van der Waals surface area contributed by atoms with Crippen LogP contribution in [0.1, 0.15) is 5.56 Å². The van der Waals surface area contributed by atoms with E-state index >= 15 is 0 Å². The summed E-state index contributed by atoms with van der Waals surface area (Å²) in [6, 6.07) is 0.973. The molecular weight excluding hydrogens is 331 g/mol. The van der Waals surface area contributed by atoms with E-state index in [0.717, 1.165) is 6.07 Å². The number of nitrogens with zero attached hydrogens (tertiary/aromatic N) is 1. The summed E-state index contributed by atoms with van der Waals surface area (Å²) in [5, 5.41) is 9.93. The molecule has 0 aliphatic heterocycles. The van der Waals surface area contributed by atoms with Crippen LogP contribution in [0.4, 0.5) is 47.8 Å². The molecule has 0 fully saturated rings. The first kappa shape index (κ1) is 16.4. The number of nitrogens with one attached hydrogen (secondary N) is 1. The van der Waals surface area contributed by atoms with E-state index in [2.05, 4.69) is 0 Å². The summed E-state index contributed by atoms with van der Waals surface area (Å²) in [6.45, 7) is 0. The van der Waals surface area contributed by atoms with Crippen LogP contribution < -0.4 is 11.1 Å². The Bertz CT molecular complexity index is 803. The normalized spacial score (nSPS) is 10.5. The summed E-state index contributed by atoms with van der Waals surface area (Å²) in [6.07, 6.45) is 0. The summed E-state index contributed by atoms with van der Waals surface area (Å²) < 4.78 is 94.2. The van der Waals surface area contributed by atoms with Crippen molar-refractivity contribution in [3.05, 3.63) is 52.4 Å². The molecule has 0 unspecified atom stereocenters. The minimum absolute atomic E-state index is 0.129. The zero-order valence-corrected chi connectivity index (χ0v) is 10.7. The van der Waals surface area contributed by atoms with Crippen LogP contribution in [0.3, 0.4) is 0 Å². The van der Waals surface area contributed by atoms with E-state index in [-0.39, 0.29) is 6.07 Å². The number of hydrogen-bond acceptors (Lipinski definition) is 3. The summed E-state index contributed by atoms with van der Waals surface area (Å²) in [5.41, 5.74) is -0.349. The Balaban J connectivity index is 2.71. The standard InChI is InChI=1S/C13H4F7N3/c14-4-1-5(15)8(18)12(7(4)17)23-13-9(19)6(16)3(2-21)11(22)10(13)20/h1,23H,22H2. The summed E-state index contributed by atoms with van der Waals surface area (Å²) >= 11 is 0. The Morgan fingerprint density at radius 3 is 1.74 bits per heavy atom. The predicted molar refractivity (Wildman–Crippen MR) is 65.0 cm³/mol. The highest BCUT2D eigenvalue weighted by molar-refractivity contribution is 5.70. The van der Waals surface area contributed by atoms with Gasteiger partial charge in [-0.3, -0.25) is 0 Å². The Morgan fingerprint density at radius 1 is 0.783 bits per heavy atom. The van der Waals surface area contributed by atoms with Crippen molar-refractivity contribution in [2.45, 2.75) is 0 Å². The first-order chi connectivity index (χ1) is 10.7. The molecule has 0 aliphatic rings. The second-order valence-electron chi connectivity index (χ2n) is 4.19. The van der Waals surface area contributed by atoms with Gasteiger partial charge in [0, 0.05) is 6.07 Å². The largest absolute Gasteiger partial charge is 0.395 e. The molecule has 0 atom stereocenters. The van der Waals surface area contributed by atoms with Crippen LogP contribution in [-0.2, 0) is 0 Å². The maximum Gasteiger partial charge on any atom is 0.186 e. The number of nitrogen functional groups attached to an aromatic ring is 1. The average Bonchev–Trinajstić information content (AvgIpc) is 2.51. The lowest BCUT2D eigenvalue weighted by atomic mass is 10.1. The highest BCUT2D eigenvalue weighted by atomic mass is 19.2. The van der Waals surface area contributed by atoms with E-state index in [1.54, 1.807) is 0 Å². The fraction of sp³-hybridized carbons (Fsp3) is 0. The molecule has 0 bridgehead atoms. The van der Waals surface area contributed by atoms with Crippen molar-refractivity contribution in [2.24, 2.45) is 0 Å². The first-order valence-corrected chi connectivity index (χ1v) is 5.66. The van der Waals surface area contributed by atoms with Gasteiger partial charge in [0.1, 0.15) is 23.0 Å². The van der Waals surface area contributed by atoms with Gasteiger partial charge in [-0.2, -0.15) is 5.26 Å². The zero-order valence-electron chi connectivity index (χ0n) is 10.7. The third kappa shape index (κ3) is 2.50. The second kappa shape index (κ2) is 5.68. The van der Waals surface area contributed by atoms with Crippen LogP contribution in [-0.4, -0.2) is 0 Å². The van der Waals surface area contributed by atoms with E-state index in [9.17, 15) is 30.7 Å². The van der Waals surface area contributed by atoms with Gasteiger partial charge in [-0.15, -0.1) is 0 Å². The molecule has 120 valence electrons. The summed E-state index contributed by atoms with van der Waals surface area (Å²) in [7, 11) is 0. The van der Waals surface area contributed by atoms with Gasteiger partial charge in [0.25, 0.3) is 0 Å². The van der Waals surface area contributed by atoms with Crippen molar-refractivity contribution in [3.8, 4) is 6.07 Å². The molecule has 0 saturated carbocycles. The van der Waals surface area contributed by atoms with Crippen LogP contribution >= 0.6 is 0 Å². The van der Waals surface area contributed by atoms with Gasteiger partial charge in [0.05, 0.1) is 5.69 Å². The third-order valence-corrected chi connectivity index (χ3v) is 2.83. The monoisotopic (exact) mass is 335 g/mol. The van der Waals surface area contributed by atoms with E-state index < -0.39 is 63.3 Å². The molecule has 3 nitrogen and oxygen atoms in total. The van der Waals surface area contributed by atoms with Gasteiger partial charge in [0.15, 0.2) is 40.7 Å². The van der Waals surface area contributed by atoms with Crippen molar-refractivity contribution in [3.63, 3.8) is 0 Å². The fourth-order valence-electron chi connectivity index (χ4n) is 1.71. The summed E-state index contributed by atoms with van der Waals surface area (Å²) in [4.78, 5) is 0. The Labute approximate surface area is 123 Å². The predicted octanol–water partition coefficient (Wildman–Crippen LogP) is 3.86. The van der Waals surface area contributed by atoms with Gasteiger partial charge in [-0.05, 0) is 0 Å². The van der Waals surface area contributed by atoms with Gasteiger partial charge < -0.3 is 11.1 Å². The maximum absolute atomic E-state index is 13.9. The molecule has 23 heavy (non-hydrogen) atoms. The molecule has 10 heteroatoms. The molecule has 0 heterocycles. The number of anilines is 3. The number of nitrogens with two attached hydrogens (primary N) is 1. The minimum atomic E-state index is -2.04. The SMILES string of the molecule is N#Cc1c(N)c(F)c(Nc2c(F)c(F)cc(F)c2F)c(F)c1F. The van der Waals surface area contributed by atoms with Crippen LogP contribution in [0.25, 0.3) is 0 Å². The molecule has 0 spiro atoms. The molecule has 0 aromatic heterocycles. The molecule has 0 saturated heterocycles. The zero-order chi connectivity index (χ0) is 17.5. The van der Waals surface area contributed by atoms with Crippen molar-refractivity contribution >= 4 is 17.1 Å². The van der Waals surface area contributed by atoms with E-state index in [4.69, 9.17) is 11.0 Å². The van der Waals surface area contributed by atoms with Crippen molar-refractivity contribution in [1.82, 2.24) is 0 Å². The van der Waals surface area contributed by atoms with Gasteiger partial charge in [-0.25, -0.2) is 30.7 Å². The molecular formula is C13H4F7N3. The lowest BCUT2D eigenvalue weighted by Gasteiger charge is -2.14. The number of hydrogen-bond donors (Lipinski definition) is 2. The highest BCUT2D eigenvalue weighted by Crippen LogP contribution is 2.34. The fourth-order valence-corrected chi connectivity index (χ4v) is 1.71. The highest BCUT2D eigenvalue weighted by Gasteiger charge is 2.27. The second-order valence-corrected chi connectivity index (χ2v) is 4.19. The first-order valence-electron chi connectivity index (χ1n) is 5.66. The van der Waals surface area contributed by atoms with Crippen molar-refractivity contribution in [2.75, 3.05) is 11.1 Å². The van der Waals surface area contributed by atoms with Crippen molar-refractivity contribution in [1.29, 1.82) is 5.26 Å². The third-order valence-electron chi connectivity index (χ3n) is 2.83. The quantitative estimate of drug-likeness (QED) is 0.498. The molecule has 2 aromatic rings. The number of halogens is 7. The number of nitriles is 1. The molecule has 0 amide bonds. The lowest BCUT2D eigenvalue weighted by molar-refractivity contribution is 0.458. The van der Waals surface area contributed by atoms with E-state index in [1.807, 2.05) is 0 Å². The minimum Gasteiger partial charge on any atom is -0.395 e. The molecule has 2 rings (SSSR count). The van der Waals surface area contributed by atoms with Crippen LogP contribution in [0.5, 0.6) is 0 Å². The van der Waals surface area contributed by atoms with E-state index in [1.165, 1.54) is 5.32 Å². The maximum atomic E-state index is 13.9. The van der Waals surface area contributed by atoms with Crippen LogP contribution in [0.2, 0.25) is 0 Å². The number of benzene rings is 2. The van der Waals surface area contributed by atoms with E-state index in [0.29, 0.717) is 0 Å². The Kier molecular flexibility index (Phi) is 4.05.